The molecular formula is C34H46N2O10. The van der Waals surface area contributed by atoms with Gasteiger partial charge >= 0.3 is 23.8 Å². The molecule has 2 aliphatic carbocycles. The van der Waals surface area contributed by atoms with Crippen molar-refractivity contribution in [3.05, 3.63) is 47.8 Å². The fourth-order valence-corrected chi connectivity index (χ4v) is 7.81. The molecule has 5 rings (SSSR count). The van der Waals surface area contributed by atoms with Crippen molar-refractivity contribution in [2.45, 2.75) is 103 Å². The topological polar surface area (TPSA) is 162 Å². The van der Waals surface area contributed by atoms with Crippen LogP contribution in [0.5, 0.6) is 0 Å². The molecule has 46 heavy (non-hydrogen) atoms. The molecule has 1 saturated heterocycles. The number of cyclic esters (lactones) is 1. The summed E-state index contributed by atoms with van der Waals surface area (Å²) in [6.45, 7) is 12.4. The molecule has 2 aliphatic heterocycles. The minimum Gasteiger partial charge on any atom is -0.456 e. The number of ether oxygens (including phenoxy) is 5. The first-order valence-electron chi connectivity index (χ1n) is 15.9. The van der Waals surface area contributed by atoms with Crippen molar-refractivity contribution in [2.75, 3.05) is 7.11 Å². The van der Waals surface area contributed by atoms with Gasteiger partial charge in [-0.25, -0.2) is 14.4 Å². The summed E-state index contributed by atoms with van der Waals surface area (Å²) in [5.74, 6) is -5.14. The highest BCUT2D eigenvalue weighted by molar-refractivity contribution is 6.32. The van der Waals surface area contributed by atoms with E-state index in [1.807, 2.05) is 39.0 Å². The normalized spacial score (nSPS) is 38.8. The average Bonchev–Trinajstić information content (AvgIpc) is 3.58. The van der Waals surface area contributed by atoms with Crippen LogP contribution in [0.15, 0.2) is 42.1 Å². The van der Waals surface area contributed by atoms with Gasteiger partial charge in [-0.15, -0.1) is 0 Å². The number of nitrogens with one attached hydrogen (secondary N) is 2. The van der Waals surface area contributed by atoms with Crippen molar-refractivity contribution in [1.82, 2.24) is 10.3 Å². The van der Waals surface area contributed by atoms with Crippen LogP contribution in [0.1, 0.15) is 65.4 Å². The average molecular weight is 643 g/mol. The zero-order valence-corrected chi connectivity index (χ0v) is 27.6. The standard InChI is InChI=1S/C34H46N2O10/c1-16-14-17(2)34-20(15-23(42-8)31(40)44-26(16)19(4)43-32(41)29(38)36-33(5,6)7)11-12-21-24(34)25(37)18(3)27(28(21)46-34)45-30(39)22-10-9-13-35-22/h9-14,16,18-21,23-28,35,37H,15H2,1-8H3,(H,36,38)/b17-14+/t16-,18-,19-,20-,21?,23+,24?,25-,26+,27-,28-,34+/m1/s1. The summed E-state index contributed by atoms with van der Waals surface area (Å²) in [5.41, 5.74) is -0.594. The van der Waals surface area contributed by atoms with Crippen LogP contribution in [-0.2, 0) is 38.1 Å². The van der Waals surface area contributed by atoms with E-state index in [4.69, 9.17) is 23.7 Å². The summed E-state index contributed by atoms with van der Waals surface area (Å²) < 4.78 is 30.1. The number of aromatic nitrogens is 1. The molecule has 4 aliphatic rings. The van der Waals surface area contributed by atoms with Gasteiger partial charge in [0.1, 0.15) is 35.7 Å². The van der Waals surface area contributed by atoms with Crippen molar-refractivity contribution in [1.29, 1.82) is 0 Å². The van der Waals surface area contributed by atoms with E-state index in [-0.39, 0.29) is 18.3 Å². The third-order valence-corrected chi connectivity index (χ3v) is 9.89. The number of amides is 1. The Kier molecular flexibility index (Phi) is 9.29. The lowest BCUT2D eigenvalue weighted by Gasteiger charge is -2.48. The maximum atomic E-state index is 13.6. The molecule has 4 bridgehead atoms. The molecule has 252 valence electrons. The smallest absolute Gasteiger partial charge is 0.397 e. The number of aliphatic hydroxyl groups excluding tert-OH is 1. The minimum atomic E-state index is -1.09. The van der Waals surface area contributed by atoms with Gasteiger partial charge in [0, 0.05) is 48.4 Å². The summed E-state index contributed by atoms with van der Waals surface area (Å²) in [5, 5.41) is 14.5. The molecule has 1 amide bonds. The fourth-order valence-electron chi connectivity index (χ4n) is 7.81. The summed E-state index contributed by atoms with van der Waals surface area (Å²) in [4.78, 5) is 54.6. The number of hydrogen-bond acceptors (Lipinski definition) is 10. The lowest BCUT2D eigenvalue weighted by molar-refractivity contribution is -0.180. The molecule has 3 N–H and O–H groups in total. The maximum Gasteiger partial charge on any atom is 0.397 e. The summed E-state index contributed by atoms with van der Waals surface area (Å²) in [6.07, 6.45) is 2.62. The van der Waals surface area contributed by atoms with Gasteiger partial charge in [0.15, 0.2) is 6.10 Å². The Morgan fingerprint density at radius 3 is 2.54 bits per heavy atom. The van der Waals surface area contributed by atoms with Crippen LogP contribution in [0.3, 0.4) is 0 Å². The van der Waals surface area contributed by atoms with E-state index in [9.17, 15) is 24.3 Å². The number of methoxy groups -OCH3 is 1. The Morgan fingerprint density at radius 1 is 1.20 bits per heavy atom. The summed E-state index contributed by atoms with van der Waals surface area (Å²) >= 11 is 0. The molecule has 12 atom stereocenters. The summed E-state index contributed by atoms with van der Waals surface area (Å²) in [7, 11) is 1.42. The van der Waals surface area contributed by atoms with Crippen LogP contribution in [0.25, 0.3) is 0 Å². The van der Waals surface area contributed by atoms with Crippen molar-refractivity contribution in [3.63, 3.8) is 0 Å². The highest BCUT2D eigenvalue weighted by atomic mass is 16.6. The molecule has 2 fully saturated rings. The first-order valence-corrected chi connectivity index (χ1v) is 15.9. The van der Waals surface area contributed by atoms with Crippen LogP contribution in [0.2, 0.25) is 0 Å². The molecular weight excluding hydrogens is 596 g/mol. The predicted octanol–water partition coefficient (Wildman–Crippen LogP) is 2.87. The van der Waals surface area contributed by atoms with E-state index in [1.165, 1.54) is 7.11 Å². The molecule has 3 heterocycles. The van der Waals surface area contributed by atoms with Crippen LogP contribution in [0, 0.1) is 29.6 Å². The zero-order valence-electron chi connectivity index (χ0n) is 27.6. The molecule has 1 aromatic heterocycles. The Bertz CT molecular complexity index is 1400. The Labute approximate surface area is 269 Å². The lowest BCUT2D eigenvalue weighted by Crippen LogP contribution is -2.57. The first-order chi connectivity index (χ1) is 21.6. The molecule has 12 nitrogen and oxygen atoms in total. The number of carbonyl (C=O) groups is 4. The molecule has 1 spiro atoms. The molecule has 0 radical (unpaired) electrons. The van der Waals surface area contributed by atoms with Crippen LogP contribution >= 0.6 is 0 Å². The highest BCUT2D eigenvalue weighted by Gasteiger charge is 2.69. The summed E-state index contributed by atoms with van der Waals surface area (Å²) in [6, 6.07) is 3.34. The second kappa shape index (κ2) is 12.6. The van der Waals surface area contributed by atoms with Gasteiger partial charge in [-0.2, -0.15) is 0 Å². The van der Waals surface area contributed by atoms with Gasteiger partial charge in [-0.3, -0.25) is 4.79 Å². The van der Waals surface area contributed by atoms with Gasteiger partial charge in [-0.05, 0) is 58.7 Å². The third-order valence-electron chi connectivity index (χ3n) is 9.89. The van der Waals surface area contributed by atoms with Gasteiger partial charge in [0.25, 0.3) is 0 Å². The van der Waals surface area contributed by atoms with Crippen LogP contribution in [-0.4, -0.2) is 88.8 Å². The SMILES string of the molecule is CO[C@H]1C[C@H]2C=CC3C4[C@H](O)[C@@H](C)[C@@H](OC(=O)c5ccc[nH]5)[C@@H]3O[C@]42/C(C)=C/[C@@H](C)[C@@H]([C@@H](C)OC(=O)C(=O)NC(C)(C)C)OC1=O. The Hall–Kier alpha value is -3.48. The van der Waals surface area contributed by atoms with Crippen molar-refractivity contribution in [3.8, 4) is 0 Å². The van der Waals surface area contributed by atoms with E-state index >= 15 is 0 Å². The van der Waals surface area contributed by atoms with E-state index in [0.717, 1.165) is 5.57 Å². The van der Waals surface area contributed by atoms with Gasteiger partial charge in [0.05, 0.1) is 6.10 Å². The Morgan fingerprint density at radius 2 is 1.91 bits per heavy atom. The second-order valence-electron chi connectivity index (χ2n) is 14.2. The van der Waals surface area contributed by atoms with Crippen LogP contribution in [0.4, 0.5) is 0 Å². The quantitative estimate of drug-likeness (QED) is 0.188. The molecule has 1 saturated carbocycles. The van der Waals surface area contributed by atoms with Gasteiger partial charge in [-0.1, -0.05) is 32.1 Å². The first kappa shape index (κ1) is 33.9. The third kappa shape index (κ3) is 6.02. The monoisotopic (exact) mass is 642 g/mol. The zero-order chi connectivity index (χ0) is 33.7. The number of H-pyrrole nitrogens is 1. The second-order valence-corrected chi connectivity index (χ2v) is 14.2. The maximum absolute atomic E-state index is 13.6. The molecule has 1 aromatic rings. The van der Waals surface area contributed by atoms with Crippen molar-refractivity contribution < 1.29 is 48.0 Å². The number of hydrogen-bond donors (Lipinski definition) is 3. The van der Waals surface area contributed by atoms with Gasteiger partial charge < -0.3 is 39.1 Å². The van der Waals surface area contributed by atoms with E-state index in [0.29, 0.717) is 5.69 Å². The number of rotatable bonds is 5. The van der Waals surface area contributed by atoms with Crippen LogP contribution < -0.4 is 5.32 Å². The minimum absolute atomic E-state index is 0.185. The van der Waals surface area contributed by atoms with Crippen molar-refractivity contribution in [2.24, 2.45) is 29.6 Å². The number of carbonyl (C=O) groups excluding carboxylic acids is 4. The highest BCUT2D eigenvalue weighted by Crippen LogP contribution is 2.61. The predicted molar refractivity (Wildman–Crippen MR) is 164 cm³/mol. The Balaban J connectivity index is 1.49. The molecule has 12 heteroatoms. The number of aliphatic hydroxyl groups is 1. The largest absolute Gasteiger partial charge is 0.456 e. The lowest BCUT2D eigenvalue weighted by atomic mass is 9.57. The van der Waals surface area contributed by atoms with E-state index in [2.05, 4.69) is 10.3 Å². The van der Waals surface area contributed by atoms with Crippen molar-refractivity contribution >= 4 is 23.8 Å². The molecule has 2 unspecified atom stereocenters. The van der Waals surface area contributed by atoms with E-state index < -0.39 is 89.3 Å². The van der Waals surface area contributed by atoms with E-state index in [1.54, 1.807) is 46.0 Å². The fraction of sp³-hybridized carbons (Fsp3) is 0.647. The number of esters is 3. The molecule has 0 aromatic carbocycles. The number of aromatic amines is 1. The van der Waals surface area contributed by atoms with Gasteiger partial charge in [0.2, 0.25) is 0 Å².